The number of rotatable bonds is 4. The van der Waals surface area contributed by atoms with Gasteiger partial charge in [-0.1, -0.05) is 25.5 Å². The number of unbranched alkanes of at least 4 members (excludes halogenated alkanes) is 1. The normalized spacial score (nSPS) is 9.73. The van der Waals surface area contributed by atoms with E-state index in [-0.39, 0.29) is 6.03 Å². The Kier molecular flexibility index (Phi) is 4.68. The van der Waals surface area contributed by atoms with E-state index in [1.807, 2.05) is 18.2 Å². The van der Waals surface area contributed by atoms with Gasteiger partial charge in [-0.25, -0.2) is 4.79 Å². The molecule has 1 rings (SSSR count). The van der Waals surface area contributed by atoms with E-state index in [0.717, 1.165) is 12.1 Å². The lowest BCUT2D eigenvalue weighted by Gasteiger charge is -2.06. The van der Waals surface area contributed by atoms with Gasteiger partial charge in [0.05, 0.1) is 0 Å². The van der Waals surface area contributed by atoms with Crippen LogP contribution in [0.15, 0.2) is 24.3 Å². The fourth-order valence-corrected chi connectivity index (χ4v) is 1.38. The van der Waals surface area contributed by atoms with Crippen LogP contribution < -0.4 is 10.6 Å². The van der Waals surface area contributed by atoms with Gasteiger partial charge in [-0.15, -0.1) is 0 Å². The van der Waals surface area contributed by atoms with E-state index in [1.54, 1.807) is 7.05 Å². The first-order valence-corrected chi connectivity index (χ1v) is 5.34. The highest BCUT2D eigenvalue weighted by Gasteiger charge is 1.99. The molecular weight excluding hydrogens is 188 g/mol. The average Bonchev–Trinajstić information content (AvgIpc) is 2.26. The van der Waals surface area contributed by atoms with Crippen LogP contribution in [-0.4, -0.2) is 13.1 Å². The molecule has 3 heteroatoms. The summed E-state index contributed by atoms with van der Waals surface area (Å²) in [5.41, 5.74) is 2.12. The van der Waals surface area contributed by atoms with Gasteiger partial charge in [0.15, 0.2) is 0 Å². The van der Waals surface area contributed by atoms with Gasteiger partial charge < -0.3 is 10.6 Å². The zero-order chi connectivity index (χ0) is 11.1. The molecule has 0 heterocycles. The topological polar surface area (TPSA) is 41.1 Å². The Morgan fingerprint density at radius 3 is 2.87 bits per heavy atom. The summed E-state index contributed by atoms with van der Waals surface area (Å²) in [6, 6.07) is 7.79. The standard InChI is InChI=1S/C12H18N2O/c1-3-4-6-10-7-5-8-11(9-10)14-12(15)13-2/h5,7-9H,3-4,6H2,1-2H3,(H2,13,14,15). The summed E-state index contributed by atoms with van der Waals surface area (Å²) in [4.78, 5) is 11.1. The zero-order valence-electron chi connectivity index (χ0n) is 9.34. The van der Waals surface area contributed by atoms with Gasteiger partial charge in [0.2, 0.25) is 0 Å². The largest absolute Gasteiger partial charge is 0.341 e. The van der Waals surface area contributed by atoms with Crippen LogP contribution in [0.5, 0.6) is 0 Å². The number of carbonyl (C=O) groups excluding carboxylic acids is 1. The molecule has 15 heavy (non-hydrogen) atoms. The molecule has 0 fully saturated rings. The van der Waals surface area contributed by atoms with Gasteiger partial charge >= 0.3 is 6.03 Å². The van der Waals surface area contributed by atoms with Crippen molar-refractivity contribution < 1.29 is 4.79 Å². The molecule has 2 N–H and O–H groups in total. The number of carbonyl (C=O) groups is 1. The molecule has 3 nitrogen and oxygen atoms in total. The Morgan fingerprint density at radius 1 is 1.40 bits per heavy atom. The van der Waals surface area contributed by atoms with Gasteiger partial charge in [0.25, 0.3) is 0 Å². The SMILES string of the molecule is CCCCc1cccc(NC(=O)NC)c1. The Balaban J connectivity index is 2.61. The molecule has 2 amide bonds. The van der Waals surface area contributed by atoms with E-state index < -0.39 is 0 Å². The van der Waals surface area contributed by atoms with Crippen molar-refractivity contribution in [2.45, 2.75) is 26.2 Å². The van der Waals surface area contributed by atoms with Crippen LogP contribution in [0.4, 0.5) is 10.5 Å². The molecule has 0 saturated carbocycles. The fraction of sp³-hybridized carbons (Fsp3) is 0.417. The first-order valence-electron chi connectivity index (χ1n) is 5.34. The summed E-state index contributed by atoms with van der Waals surface area (Å²) in [6.07, 6.45) is 3.44. The van der Waals surface area contributed by atoms with Crippen LogP contribution in [-0.2, 0) is 6.42 Å². The number of hydrogen-bond acceptors (Lipinski definition) is 1. The predicted molar refractivity (Wildman–Crippen MR) is 63.1 cm³/mol. The highest BCUT2D eigenvalue weighted by Crippen LogP contribution is 2.12. The minimum atomic E-state index is -0.178. The average molecular weight is 206 g/mol. The number of aryl methyl sites for hydroxylation is 1. The molecule has 82 valence electrons. The molecule has 0 aliphatic rings. The van der Waals surface area contributed by atoms with Gasteiger partial charge in [-0.2, -0.15) is 0 Å². The first-order chi connectivity index (χ1) is 7.26. The van der Waals surface area contributed by atoms with Crippen LogP contribution >= 0.6 is 0 Å². The maximum atomic E-state index is 11.1. The van der Waals surface area contributed by atoms with Crippen molar-refractivity contribution in [1.82, 2.24) is 5.32 Å². The monoisotopic (exact) mass is 206 g/mol. The highest BCUT2D eigenvalue weighted by atomic mass is 16.2. The second-order valence-electron chi connectivity index (χ2n) is 3.51. The molecule has 0 aliphatic carbocycles. The molecule has 0 aromatic heterocycles. The van der Waals surface area contributed by atoms with Crippen molar-refractivity contribution in [3.63, 3.8) is 0 Å². The Labute approximate surface area is 90.9 Å². The molecule has 0 unspecified atom stereocenters. The molecule has 1 aromatic carbocycles. The third kappa shape index (κ3) is 4.02. The summed E-state index contributed by atoms with van der Waals surface area (Å²) in [5.74, 6) is 0. The van der Waals surface area contributed by atoms with Crippen molar-refractivity contribution in [2.75, 3.05) is 12.4 Å². The number of anilines is 1. The molecule has 0 bridgehead atoms. The van der Waals surface area contributed by atoms with Crippen molar-refractivity contribution in [1.29, 1.82) is 0 Å². The van der Waals surface area contributed by atoms with Gasteiger partial charge in [-0.05, 0) is 30.5 Å². The van der Waals surface area contributed by atoms with Gasteiger partial charge in [0.1, 0.15) is 0 Å². The number of nitrogens with one attached hydrogen (secondary N) is 2. The number of benzene rings is 1. The molecule has 0 saturated heterocycles. The van der Waals surface area contributed by atoms with E-state index >= 15 is 0 Å². The zero-order valence-corrected chi connectivity index (χ0v) is 9.34. The molecule has 0 atom stereocenters. The second-order valence-corrected chi connectivity index (χ2v) is 3.51. The second kappa shape index (κ2) is 6.06. The fourth-order valence-electron chi connectivity index (χ4n) is 1.38. The number of urea groups is 1. The van der Waals surface area contributed by atoms with E-state index in [1.165, 1.54) is 18.4 Å². The molecule has 0 aliphatic heterocycles. The Bertz CT molecular complexity index is 323. The van der Waals surface area contributed by atoms with Crippen LogP contribution in [0, 0.1) is 0 Å². The third-order valence-corrected chi connectivity index (χ3v) is 2.23. The summed E-state index contributed by atoms with van der Waals surface area (Å²) >= 11 is 0. The van der Waals surface area contributed by atoms with Crippen LogP contribution in [0.25, 0.3) is 0 Å². The first kappa shape index (κ1) is 11.6. The highest BCUT2D eigenvalue weighted by molar-refractivity contribution is 5.89. The number of hydrogen-bond donors (Lipinski definition) is 2. The maximum absolute atomic E-state index is 11.1. The lowest BCUT2D eigenvalue weighted by Crippen LogP contribution is -2.24. The lowest BCUT2D eigenvalue weighted by molar-refractivity contribution is 0.254. The van der Waals surface area contributed by atoms with Crippen molar-refractivity contribution in [3.8, 4) is 0 Å². The van der Waals surface area contributed by atoms with Crippen molar-refractivity contribution >= 4 is 11.7 Å². The van der Waals surface area contributed by atoms with Gasteiger partial charge in [-0.3, -0.25) is 0 Å². The van der Waals surface area contributed by atoms with E-state index in [0.29, 0.717) is 0 Å². The smallest absolute Gasteiger partial charge is 0.318 e. The Hall–Kier alpha value is -1.51. The quantitative estimate of drug-likeness (QED) is 0.781. The van der Waals surface area contributed by atoms with Crippen LogP contribution in [0.1, 0.15) is 25.3 Å². The van der Waals surface area contributed by atoms with Crippen molar-refractivity contribution in [2.24, 2.45) is 0 Å². The Morgan fingerprint density at radius 2 is 2.20 bits per heavy atom. The van der Waals surface area contributed by atoms with Crippen LogP contribution in [0.2, 0.25) is 0 Å². The molecular formula is C12H18N2O. The maximum Gasteiger partial charge on any atom is 0.318 e. The third-order valence-electron chi connectivity index (χ3n) is 2.23. The summed E-state index contributed by atoms with van der Waals surface area (Å²) in [7, 11) is 1.61. The molecule has 0 radical (unpaired) electrons. The van der Waals surface area contributed by atoms with E-state index in [2.05, 4.69) is 23.6 Å². The van der Waals surface area contributed by atoms with Crippen molar-refractivity contribution in [3.05, 3.63) is 29.8 Å². The summed E-state index contributed by atoms with van der Waals surface area (Å²) in [6.45, 7) is 2.17. The summed E-state index contributed by atoms with van der Waals surface area (Å²) in [5, 5.41) is 5.28. The predicted octanol–water partition coefficient (Wildman–Crippen LogP) is 2.78. The van der Waals surface area contributed by atoms with E-state index in [4.69, 9.17) is 0 Å². The van der Waals surface area contributed by atoms with E-state index in [9.17, 15) is 4.79 Å². The summed E-state index contributed by atoms with van der Waals surface area (Å²) < 4.78 is 0. The molecule has 1 aromatic rings. The van der Waals surface area contributed by atoms with Crippen LogP contribution in [0.3, 0.4) is 0 Å². The van der Waals surface area contributed by atoms with Gasteiger partial charge in [0, 0.05) is 12.7 Å². The molecule has 0 spiro atoms. The lowest BCUT2D eigenvalue weighted by atomic mass is 10.1. The minimum Gasteiger partial charge on any atom is -0.341 e. The number of amides is 2. The minimum absolute atomic E-state index is 0.178.